The summed E-state index contributed by atoms with van der Waals surface area (Å²) in [7, 11) is 0. The molecular formula is C8H7ClN2O3. The predicted octanol–water partition coefficient (Wildman–Crippen LogP) is 0.957. The smallest absolute Gasteiger partial charge is 0.339 e. The topological polar surface area (TPSA) is 79.3 Å². The molecule has 0 saturated carbocycles. The van der Waals surface area contributed by atoms with E-state index in [0.717, 1.165) is 0 Å². The van der Waals surface area contributed by atoms with Gasteiger partial charge in [-0.3, -0.25) is 4.79 Å². The van der Waals surface area contributed by atoms with Gasteiger partial charge in [-0.2, -0.15) is 0 Å². The molecule has 0 aliphatic rings. The van der Waals surface area contributed by atoms with E-state index in [1.165, 1.54) is 18.3 Å². The number of rotatable bonds is 3. The number of halogens is 1. The van der Waals surface area contributed by atoms with Crippen molar-refractivity contribution in [2.75, 3.05) is 11.2 Å². The van der Waals surface area contributed by atoms with Crippen molar-refractivity contribution in [3.63, 3.8) is 0 Å². The monoisotopic (exact) mass is 214 g/mol. The predicted molar refractivity (Wildman–Crippen MR) is 50.5 cm³/mol. The van der Waals surface area contributed by atoms with Gasteiger partial charge in [-0.25, -0.2) is 9.78 Å². The molecule has 0 atom stereocenters. The summed E-state index contributed by atoms with van der Waals surface area (Å²) in [6.45, 7) is 0. The molecule has 1 amide bonds. The standard InChI is InChI=1S/C8H7ClN2O3/c9-4-6(12)11-7-5(8(13)14)2-1-3-10-7/h1-3H,4H2,(H,13,14)(H,10,11,12). The van der Waals surface area contributed by atoms with Crippen LogP contribution < -0.4 is 5.32 Å². The average molecular weight is 215 g/mol. The van der Waals surface area contributed by atoms with Crippen LogP contribution >= 0.6 is 11.6 Å². The zero-order valence-electron chi connectivity index (χ0n) is 7.03. The Hall–Kier alpha value is -1.62. The Morgan fingerprint density at radius 1 is 1.57 bits per heavy atom. The number of aromatic nitrogens is 1. The maximum Gasteiger partial charge on any atom is 0.339 e. The van der Waals surface area contributed by atoms with Crippen LogP contribution in [0.2, 0.25) is 0 Å². The van der Waals surface area contributed by atoms with Gasteiger partial charge in [-0.05, 0) is 12.1 Å². The molecule has 1 aromatic heterocycles. The molecule has 0 radical (unpaired) electrons. The Morgan fingerprint density at radius 2 is 2.29 bits per heavy atom. The van der Waals surface area contributed by atoms with Crippen molar-refractivity contribution in [2.45, 2.75) is 0 Å². The zero-order valence-corrected chi connectivity index (χ0v) is 7.78. The summed E-state index contributed by atoms with van der Waals surface area (Å²) in [6, 6.07) is 2.82. The van der Waals surface area contributed by atoms with Gasteiger partial charge in [0.15, 0.2) is 0 Å². The lowest BCUT2D eigenvalue weighted by Crippen LogP contribution is -2.16. The van der Waals surface area contributed by atoms with E-state index in [9.17, 15) is 9.59 Å². The Bertz CT molecular complexity index is 367. The molecule has 0 aliphatic heterocycles. The number of amides is 1. The van der Waals surface area contributed by atoms with E-state index >= 15 is 0 Å². The van der Waals surface area contributed by atoms with E-state index in [-0.39, 0.29) is 17.3 Å². The van der Waals surface area contributed by atoms with Crippen molar-refractivity contribution in [1.82, 2.24) is 4.98 Å². The quantitative estimate of drug-likeness (QED) is 0.735. The number of aromatic carboxylic acids is 1. The summed E-state index contributed by atoms with van der Waals surface area (Å²) in [5.74, 6) is -1.88. The molecule has 0 fully saturated rings. The molecule has 1 aromatic rings. The second-order valence-electron chi connectivity index (χ2n) is 2.39. The number of pyridine rings is 1. The first-order valence-corrected chi connectivity index (χ1v) is 4.22. The van der Waals surface area contributed by atoms with Crippen molar-refractivity contribution >= 4 is 29.3 Å². The maximum absolute atomic E-state index is 10.9. The third-order valence-corrected chi connectivity index (χ3v) is 1.66. The lowest BCUT2D eigenvalue weighted by Gasteiger charge is -2.04. The first-order valence-electron chi connectivity index (χ1n) is 3.69. The summed E-state index contributed by atoms with van der Waals surface area (Å²) >= 11 is 5.25. The fourth-order valence-electron chi connectivity index (χ4n) is 0.843. The van der Waals surface area contributed by atoms with Crippen molar-refractivity contribution in [1.29, 1.82) is 0 Å². The van der Waals surface area contributed by atoms with E-state index in [2.05, 4.69) is 10.3 Å². The number of carboxylic acids is 1. The number of hydrogen-bond acceptors (Lipinski definition) is 3. The fourth-order valence-corrected chi connectivity index (χ4v) is 0.910. The minimum absolute atomic E-state index is 0.00523. The highest BCUT2D eigenvalue weighted by Crippen LogP contribution is 2.10. The largest absolute Gasteiger partial charge is 0.478 e. The number of hydrogen-bond donors (Lipinski definition) is 2. The number of alkyl halides is 1. The highest BCUT2D eigenvalue weighted by Gasteiger charge is 2.11. The molecule has 5 nitrogen and oxygen atoms in total. The van der Waals surface area contributed by atoms with E-state index < -0.39 is 11.9 Å². The molecule has 0 bridgehead atoms. The van der Waals surface area contributed by atoms with Crippen LogP contribution in [0, 0.1) is 0 Å². The second-order valence-corrected chi connectivity index (χ2v) is 2.65. The van der Waals surface area contributed by atoms with Gasteiger partial charge in [0.1, 0.15) is 17.3 Å². The number of anilines is 1. The molecule has 0 aromatic carbocycles. The van der Waals surface area contributed by atoms with Gasteiger partial charge < -0.3 is 10.4 Å². The molecule has 1 heterocycles. The first-order chi connectivity index (χ1) is 6.65. The van der Waals surface area contributed by atoms with Gasteiger partial charge in [0, 0.05) is 6.20 Å². The van der Waals surface area contributed by atoms with Gasteiger partial charge in [0.05, 0.1) is 0 Å². The van der Waals surface area contributed by atoms with E-state index in [1.807, 2.05) is 0 Å². The third-order valence-electron chi connectivity index (χ3n) is 1.42. The zero-order chi connectivity index (χ0) is 10.6. The molecule has 0 saturated heterocycles. The molecule has 14 heavy (non-hydrogen) atoms. The van der Waals surface area contributed by atoms with Gasteiger partial charge in [-0.15, -0.1) is 11.6 Å². The minimum atomic E-state index is -1.15. The Balaban J connectivity index is 2.95. The van der Waals surface area contributed by atoms with Crippen LogP contribution in [0.15, 0.2) is 18.3 Å². The number of nitrogens with one attached hydrogen (secondary N) is 1. The first kappa shape index (κ1) is 10.5. The summed E-state index contributed by atoms with van der Waals surface area (Å²) in [6.07, 6.45) is 1.39. The molecule has 74 valence electrons. The van der Waals surface area contributed by atoms with Crippen LogP contribution in [0.4, 0.5) is 5.82 Å². The van der Waals surface area contributed by atoms with Gasteiger partial charge in [0.25, 0.3) is 0 Å². The number of carboxylic acid groups (broad SMARTS) is 1. The van der Waals surface area contributed by atoms with Crippen LogP contribution in [0.1, 0.15) is 10.4 Å². The molecule has 0 aliphatic carbocycles. The van der Waals surface area contributed by atoms with Gasteiger partial charge in [0.2, 0.25) is 5.91 Å². The van der Waals surface area contributed by atoms with Crippen LogP contribution in [0.5, 0.6) is 0 Å². The number of carbonyl (C=O) groups is 2. The average Bonchev–Trinajstić information content (AvgIpc) is 2.18. The van der Waals surface area contributed by atoms with Crippen molar-refractivity contribution < 1.29 is 14.7 Å². The van der Waals surface area contributed by atoms with Crippen LogP contribution in [-0.2, 0) is 4.79 Å². The van der Waals surface area contributed by atoms with Crippen LogP contribution in [-0.4, -0.2) is 27.8 Å². The second kappa shape index (κ2) is 4.57. The molecule has 2 N–H and O–H groups in total. The van der Waals surface area contributed by atoms with Crippen LogP contribution in [0.3, 0.4) is 0 Å². The Morgan fingerprint density at radius 3 is 2.86 bits per heavy atom. The fraction of sp³-hybridized carbons (Fsp3) is 0.125. The SMILES string of the molecule is O=C(CCl)Nc1ncccc1C(=O)O. The lowest BCUT2D eigenvalue weighted by atomic mass is 10.2. The van der Waals surface area contributed by atoms with Crippen molar-refractivity contribution in [2.24, 2.45) is 0 Å². The van der Waals surface area contributed by atoms with E-state index in [0.29, 0.717) is 0 Å². The molecule has 0 spiro atoms. The summed E-state index contributed by atoms with van der Waals surface area (Å²) in [4.78, 5) is 25.3. The normalized spacial score (nSPS) is 9.50. The lowest BCUT2D eigenvalue weighted by molar-refractivity contribution is -0.113. The highest BCUT2D eigenvalue weighted by atomic mass is 35.5. The van der Waals surface area contributed by atoms with Crippen molar-refractivity contribution in [3.05, 3.63) is 23.9 Å². The number of carbonyl (C=O) groups excluding carboxylic acids is 1. The minimum Gasteiger partial charge on any atom is -0.478 e. The molecule has 0 unspecified atom stereocenters. The van der Waals surface area contributed by atoms with E-state index in [1.54, 1.807) is 0 Å². The molecular weight excluding hydrogens is 208 g/mol. The number of nitrogens with zero attached hydrogens (tertiary/aromatic N) is 1. The van der Waals surface area contributed by atoms with Crippen molar-refractivity contribution in [3.8, 4) is 0 Å². The van der Waals surface area contributed by atoms with E-state index in [4.69, 9.17) is 16.7 Å². The maximum atomic E-state index is 10.9. The summed E-state index contributed by atoms with van der Waals surface area (Å²) in [5.41, 5.74) is -0.0639. The Kier molecular flexibility index (Phi) is 3.41. The van der Waals surface area contributed by atoms with Gasteiger partial charge in [-0.1, -0.05) is 0 Å². The Labute approximate surface area is 84.7 Å². The third kappa shape index (κ3) is 2.43. The molecule has 6 heteroatoms. The van der Waals surface area contributed by atoms with Crippen LogP contribution in [0.25, 0.3) is 0 Å². The van der Waals surface area contributed by atoms with Gasteiger partial charge >= 0.3 is 5.97 Å². The summed E-state index contributed by atoms with van der Waals surface area (Å²) < 4.78 is 0. The molecule has 1 rings (SSSR count). The summed E-state index contributed by atoms with van der Waals surface area (Å²) in [5, 5.41) is 11.0. The highest BCUT2D eigenvalue weighted by molar-refractivity contribution is 6.29.